The fraction of sp³-hybridized carbons (Fsp3) is 0.167. The average Bonchev–Trinajstić information content (AvgIpc) is 2.40. The minimum absolute atomic E-state index is 0.0591. The number of hydrogen-bond donors (Lipinski definition) is 1. The summed E-state index contributed by atoms with van der Waals surface area (Å²) >= 11 is 3.11. The number of para-hydroxylation sites is 1. The van der Waals surface area contributed by atoms with Crippen LogP contribution in [0.2, 0.25) is 0 Å². The van der Waals surface area contributed by atoms with Crippen LogP contribution in [0.1, 0.15) is 11.4 Å². The van der Waals surface area contributed by atoms with Crippen molar-refractivity contribution < 1.29 is 4.92 Å². The first-order valence-corrected chi connectivity index (χ1v) is 6.45. The fourth-order valence-corrected chi connectivity index (χ4v) is 2.12. The molecule has 0 aliphatic rings. The predicted octanol–water partition coefficient (Wildman–Crippen LogP) is 1.85. The molecule has 2 aromatic rings. The highest BCUT2D eigenvalue weighted by Crippen LogP contribution is 2.25. The Morgan fingerprint density at radius 1 is 1.50 bits per heavy atom. The molecule has 7 nitrogen and oxygen atoms in total. The highest BCUT2D eigenvalue weighted by atomic mass is 79.9. The Hall–Kier alpha value is -2.22. The zero-order valence-electron chi connectivity index (χ0n) is 10.5. The quantitative estimate of drug-likeness (QED) is 0.522. The first-order chi connectivity index (χ1) is 9.41. The van der Waals surface area contributed by atoms with Crippen LogP contribution in [0.15, 0.2) is 33.7 Å². The van der Waals surface area contributed by atoms with Crippen LogP contribution in [0, 0.1) is 17.0 Å². The molecule has 1 aromatic heterocycles. The van der Waals surface area contributed by atoms with Gasteiger partial charge >= 0.3 is 0 Å². The summed E-state index contributed by atoms with van der Waals surface area (Å²) in [7, 11) is 0. The van der Waals surface area contributed by atoms with Crippen LogP contribution in [0.25, 0.3) is 0 Å². The van der Waals surface area contributed by atoms with E-state index in [-0.39, 0.29) is 23.5 Å². The lowest BCUT2D eigenvalue weighted by Crippen LogP contribution is -2.25. The van der Waals surface area contributed by atoms with E-state index in [0.29, 0.717) is 15.9 Å². The molecule has 0 aliphatic heterocycles. The number of nitrogen functional groups attached to an aromatic ring is 1. The highest BCUT2D eigenvalue weighted by Gasteiger charge is 2.15. The number of benzene rings is 1. The molecule has 0 aliphatic carbocycles. The lowest BCUT2D eigenvalue weighted by atomic mass is 10.1. The van der Waals surface area contributed by atoms with E-state index in [9.17, 15) is 14.9 Å². The molecule has 0 unspecified atom stereocenters. The SMILES string of the molecule is Cc1ncc(Br)c(=O)n1Cc1cccc([N+](=O)[O-])c1N. The highest BCUT2D eigenvalue weighted by molar-refractivity contribution is 9.10. The third-order valence-corrected chi connectivity index (χ3v) is 3.45. The van der Waals surface area contributed by atoms with Crippen LogP contribution in [-0.2, 0) is 6.54 Å². The van der Waals surface area contributed by atoms with Crippen molar-refractivity contribution in [2.75, 3.05) is 5.73 Å². The molecule has 1 heterocycles. The summed E-state index contributed by atoms with van der Waals surface area (Å²) < 4.78 is 1.73. The van der Waals surface area contributed by atoms with Crippen molar-refractivity contribution in [1.29, 1.82) is 0 Å². The van der Waals surface area contributed by atoms with Gasteiger partial charge in [0.05, 0.1) is 11.5 Å². The third-order valence-electron chi connectivity index (χ3n) is 2.90. The molecule has 0 fully saturated rings. The van der Waals surface area contributed by atoms with Gasteiger partial charge in [0, 0.05) is 17.8 Å². The molecule has 0 spiro atoms. The van der Waals surface area contributed by atoms with Gasteiger partial charge in [-0.1, -0.05) is 12.1 Å². The van der Waals surface area contributed by atoms with E-state index in [1.165, 1.54) is 22.9 Å². The maximum absolute atomic E-state index is 12.0. The van der Waals surface area contributed by atoms with Gasteiger partial charge in [0.25, 0.3) is 11.2 Å². The van der Waals surface area contributed by atoms with Gasteiger partial charge in [-0.15, -0.1) is 0 Å². The Morgan fingerprint density at radius 2 is 2.20 bits per heavy atom. The average molecular weight is 339 g/mol. The lowest BCUT2D eigenvalue weighted by molar-refractivity contribution is -0.383. The van der Waals surface area contributed by atoms with Crippen LogP contribution >= 0.6 is 15.9 Å². The number of nitrogens with two attached hydrogens (primary N) is 1. The number of anilines is 1. The number of nitrogens with zero attached hydrogens (tertiary/aromatic N) is 3. The van der Waals surface area contributed by atoms with Gasteiger partial charge in [0.2, 0.25) is 0 Å². The monoisotopic (exact) mass is 338 g/mol. The van der Waals surface area contributed by atoms with E-state index in [4.69, 9.17) is 5.73 Å². The van der Waals surface area contributed by atoms with Gasteiger partial charge in [0.15, 0.2) is 0 Å². The van der Waals surface area contributed by atoms with Crippen molar-refractivity contribution in [2.24, 2.45) is 0 Å². The van der Waals surface area contributed by atoms with E-state index >= 15 is 0 Å². The Morgan fingerprint density at radius 3 is 2.85 bits per heavy atom. The van der Waals surface area contributed by atoms with Gasteiger partial charge in [-0.05, 0) is 22.9 Å². The van der Waals surface area contributed by atoms with Gasteiger partial charge in [-0.25, -0.2) is 4.98 Å². The summed E-state index contributed by atoms with van der Waals surface area (Å²) in [5.41, 5.74) is 5.91. The van der Waals surface area contributed by atoms with Crippen molar-refractivity contribution in [1.82, 2.24) is 9.55 Å². The minimum atomic E-state index is -0.548. The molecule has 8 heteroatoms. The van der Waals surface area contributed by atoms with Crippen molar-refractivity contribution in [3.8, 4) is 0 Å². The standard InChI is InChI=1S/C12H11BrN4O3/c1-7-15-5-9(13)12(18)16(7)6-8-3-2-4-10(11(8)14)17(19)20/h2-5H,6,14H2,1H3. The molecule has 0 atom stereocenters. The van der Waals surface area contributed by atoms with Crippen LogP contribution in [0.3, 0.4) is 0 Å². The maximum atomic E-state index is 12.0. The molecular weight excluding hydrogens is 328 g/mol. The number of hydrogen-bond acceptors (Lipinski definition) is 5. The van der Waals surface area contributed by atoms with Gasteiger partial charge < -0.3 is 5.73 Å². The van der Waals surface area contributed by atoms with E-state index in [2.05, 4.69) is 20.9 Å². The largest absolute Gasteiger partial charge is 0.393 e. The van der Waals surface area contributed by atoms with Crippen LogP contribution in [0.4, 0.5) is 11.4 Å². The third kappa shape index (κ3) is 2.55. The maximum Gasteiger partial charge on any atom is 0.292 e. The first-order valence-electron chi connectivity index (χ1n) is 5.65. The fourth-order valence-electron chi connectivity index (χ4n) is 1.80. The Bertz CT molecular complexity index is 742. The molecular formula is C12H11BrN4O3. The number of nitro benzene ring substituents is 1. The van der Waals surface area contributed by atoms with Crippen molar-refractivity contribution in [3.05, 3.63) is 60.7 Å². The van der Waals surface area contributed by atoms with Crippen molar-refractivity contribution >= 4 is 27.3 Å². The predicted molar refractivity (Wildman–Crippen MR) is 77.5 cm³/mol. The second-order valence-corrected chi connectivity index (χ2v) is 5.01. The van der Waals surface area contributed by atoms with Gasteiger partial charge in [0.1, 0.15) is 16.0 Å². The molecule has 0 saturated carbocycles. The molecule has 0 bridgehead atoms. The number of aromatic nitrogens is 2. The summed E-state index contributed by atoms with van der Waals surface area (Å²) in [4.78, 5) is 26.4. The molecule has 1 aromatic carbocycles. The van der Waals surface area contributed by atoms with E-state index in [0.717, 1.165) is 0 Å². The van der Waals surface area contributed by atoms with Crippen LogP contribution < -0.4 is 11.3 Å². The summed E-state index contributed by atoms with van der Waals surface area (Å²) in [6, 6.07) is 4.51. The first kappa shape index (κ1) is 14.2. The zero-order chi connectivity index (χ0) is 14.9. The molecule has 2 rings (SSSR count). The lowest BCUT2D eigenvalue weighted by Gasteiger charge is -2.11. The molecule has 0 radical (unpaired) electrons. The minimum Gasteiger partial charge on any atom is -0.393 e. The summed E-state index contributed by atoms with van der Waals surface area (Å²) in [6.45, 7) is 1.81. The molecule has 104 valence electrons. The summed E-state index contributed by atoms with van der Waals surface area (Å²) in [5, 5.41) is 10.9. The topological polar surface area (TPSA) is 104 Å². The second kappa shape index (κ2) is 5.41. The number of nitro groups is 1. The van der Waals surface area contributed by atoms with Gasteiger partial charge in [-0.3, -0.25) is 19.5 Å². The number of halogens is 1. The number of aryl methyl sites for hydroxylation is 1. The Balaban J connectivity index is 2.52. The smallest absolute Gasteiger partial charge is 0.292 e. The van der Waals surface area contributed by atoms with E-state index < -0.39 is 4.92 Å². The number of rotatable bonds is 3. The zero-order valence-corrected chi connectivity index (χ0v) is 12.1. The summed E-state index contributed by atoms with van der Waals surface area (Å²) in [6.07, 6.45) is 1.42. The molecule has 0 saturated heterocycles. The Kier molecular flexibility index (Phi) is 3.84. The van der Waals surface area contributed by atoms with Crippen LogP contribution in [0.5, 0.6) is 0 Å². The Labute approximate surface area is 122 Å². The second-order valence-electron chi connectivity index (χ2n) is 4.15. The molecule has 0 amide bonds. The van der Waals surface area contributed by atoms with Crippen molar-refractivity contribution in [3.63, 3.8) is 0 Å². The van der Waals surface area contributed by atoms with Crippen LogP contribution in [-0.4, -0.2) is 14.5 Å². The molecule has 2 N–H and O–H groups in total. The van der Waals surface area contributed by atoms with Crippen molar-refractivity contribution in [2.45, 2.75) is 13.5 Å². The van der Waals surface area contributed by atoms with E-state index in [1.54, 1.807) is 13.0 Å². The molecule has 20 heavy (non-hydrogen) atoms. The summed E-state index contributed by atoms with van der Waals surface area (Å²) in [5.74, 6) is 0.504. The normalized spacial score (nSPS) is 10.5. The van der Waals surface area contributed by atoms with E-state index in [1.807, 2.05) is 0 Å². The van der Waals surface area contributed by atoms with Gasteiger partial charge in [-0.2, -0.15) is 0 Å².